The second-order valence-electron chi connectivity index (χ2n) is 5.93. The highest BCUT2D eigenvalue weighted by Gasteiger charge is 2.21. The highest BCUT2D eigenvalue weighted by Crippen LogP contribution is 2.33. The Balaban J connectivity index is 2.17. The van der Waals surface area contributed by atoms with Crippen LogP contribution in [0.3, 0.4) is 0 Å². The van der Waals surface area contributed by atoms with Crippen molar-refractivity contribution in [2.75, 3.05) is 19.8 Å². The number of aliphatic hydroxyl groups is 1. The van der Waals surface area contributed by atoms with Crippen LogP contribution in [0.4, 0.5) is 0 Å². The molecule has 6 heteroatoms. The molecule has 6 nitrogen and oxygen atoms in total. The molecule has 2 N–H and O–H groups in total. The molecule has 132 valence electrons. The topological polar surface area (TPSA) is 80.9 Å². The highest BCUT2D eigenvalue weighted by atomic mass is 16.5. The van der Waals surface area contributed by atoms with Crippen LogP contribution in [0.1, 0.15) is 36.9 Å². The summed E-state index contributed by atoms with van der Waals surface area (Å²) >= 11 is 0. The number of fused-ring (bicyclic) bond motifs is 1. The Labute approximate surface area is 141 Å². The van der Waals surface area contributed by atoms with E-state index in [1.54, 1.807) is 32.0 Å². The fourth-order valence-corrected chi connectivity index (χ4v) is 2.39. The number of furan rings is 1. The van der Waals surface area contributed by atoms with Gasteiger partial charge in [-0.1, -0.05) is 19.9 Å². The van der Waals surface area contributed by atoms with Gasteiger partial charge in [-0.2, -0.15) is 0 Å². The monoisotopic (exact) mass is 335 g/mol. The van der Waals surface area contributed by atoms with Crippen LogP contribution in [-0.2, 0) is 4.74 Å². The fourth-order valence-electron chi connectivity index (χ4n) is 2.39. The fraction of sp³-hybridized carbons (Fsp3) is 0.500. The van der Waals surface area contributed by atoms with E-state index in [9.17, 15) is 9.90 Å². The van der Waals surface area contributed by atoms with Gasteiger partial charge in [-0.05, 0) is 26.0 Å². The summed E-state index contributed by atoms with van der Waals surface area (Å²) in [6.07, 6.45) is -0.626. The van der Waals surface area contributed by atoms with Crippen LogP contribution >= 0.6 is 0 Å². The minimum absolute atomic E-state index is 0.151. The summed E-state index contributed by atoms with van der Waals surface area (Å²) in [5.41, 5.74) is 1.23. The smallest absolute Gasteiger partial charge is 0.374 e. The number of esters is 1. The van der Waals surface area contributed by atoms with Gasteiger partial charge in [0.25, 0.3) is 0 Å². The number of hydrogen-bond donors (Lipinski definition) is 2. The first-order chi connectivity index (χ1) is 11.4. The van der Waals surface area contributed by atoms with E-state index in [0.717, 1.165) is 5.39 Å². The summed E-state index contributed by atoms with van der Waals surface area (Å²) in [4.78, 5) is 12.0. The lowest BCUT2D eigenvalue weighted by atomic mass is 10.1. The van der Waals surface area contributed by atoms with E-state index in [1.165, 1.54) is 0 Å². The first-order valence-corrected chi connectivity index (χ1v) is 8.17. The Morgan fingerprint density at radius 2 is 2.12 bits per heavy atom. The van der Waals surface area contributed by atoms with E-state index >= 15 is 0 Å². The van der Waals surface area contributed by atoms with Gasteiger partial charge in [-0.25, -0.2) is 4.79 Å². The number of carbonyl (C=O) groups excluding carboxylic acids is 1. The minimum Gasteiger partial charge on any atom is -0.490 e. The van der Waals surface area contributed by atoms with Crippen LogP contribution in [0.15, 0.2) is 22.6 Å². The Morgan fingerprint density at radius 3 is 2.79 bits per heavy atom. The third-order valence-electron chi connectivity index (χ3n) is 3.57. The van der Waals surface area contributed by atoms with Crippen LogP contribution in [-0.4, -0.2) is 43.0 Å². The molecule has 0 radical (unpaired) electrons. The second kappa shape index (κ2) is 8.17. The van der Waals surface area contributed by atoms with Crippen molar-refractivity contribution >= 4 is 16.9 Å². The molecule has 0 saturated carbocycles. The molecule has 24 heavy (non-hydrogen) atoms. The van der Waals surface area contributed by atoms with Gasteiger partial charge in [0, 0.05) is 18.2 Å². The number of ether oxygens (including phenoxy) is 2. The number of nitrogens with one attached hydrogen (secondary N) is 1. The van der Waals surface area contributed by atoms with Gasteiger partial charge in [-0.15, -0.1) is 0 Å². The molecule has 2 aromatic rings. The maximum absolute atomic E-state index is 12.0. The summed E-state index contributed by atoms with van der Waals surface area (Å²) < 4.78 is 16.4. The number of benzene rings is 1. The van der Waals surface area contributed by atoms with Gasteiger partial charge < -0.3 is 24.3 Å². The largest absolute Gasteiger partial charge is 0.490 e. The van der Waals surface area contributed by atoms with E-state index in [0.29, 0.717) is 29.5 Å². The van der Waals surface area contributed by atoms with Crippen molar-refractivity contribution in [2.45, 2.75) is 39.8 Å². The predicted molar refractivity (Wildman–Crippen MR) is 91.5 cm³/mol. The predicted octanol–water partition coefficient (Wildman–Crippen LogP) is 2.66. The van der Waals surface area contributed by atoms with Crippen LogP contribution in [0.5, 0.6) is 5.75 Å². The Kier molecular flexibility index (Phi) is 6.23. The van der Waals surface area contributed by atoms with E-state index < -0.39 is 12.1 Å². The molecule has 1 aromatic carbocycles. The molecule has 1 atom stereocenters. The van der Waals surface area contributed by atoms with Crippen molar-refractivity contribution in [3.05, 3.63) is 29.5 Å². The third kappa shape index (κ3) is 4.27. The van der Waals surface area contributed by atoms with Crippen molar-refractivity contribution in [3.8, 4) is 5.75 Å². The molecule has 0 fully saturated rings. The number of rotatable bonds is 8. The maximum atomic E-state index is 12.0. The Bertz CT molecular complexity index is 692. The van der Waals surface area contributed by atoms with Crippen molar-refractivity contribution in [1.82, 2.24) is 5.32 Å². The standard InChI is InChI=1S/C18H25NO5/c1-5-22-18(21)17-12(4)16-14(7-6-8-15(16)24-17)23-10-13(20)9-19-11(2)3/h6-8,11,13,19-20H,5,9-10H2,1-4H3/t13-/m1/s1. The zero-order chi connectivity index (χ0) is 17.7. The summed E-state index contributed by atoms with van der Waals surface area (Å²) in [7, 11) is 0. The van der Waals surface area contributed by atoms with Crippen LogP contribution in [0.25, 0.3) is 11.0 Å². The number of hydrogen-bond acceptors (Lipinski definition) is 6. The van der Waals surface area contributed by atoms with Crippen LogP contribution in [0.2, 0.25) is 0 Å². The SMILES string of the molecule is CCOC(=O)c1oc2cccc(OC[C@H](O)CNC(C)C)c2c1C. The summed E-state index contributed by atoms with van der Waals surface area (Å²) in [6.45, 7) is 8.46. The molecule has 1 heterocycles. The average Bonchev–Trinajstić information content (AvgIpc) is 2.89. The van der Waals surface area contributed by atoms with Gasteiger partial charge >= 0.3 is 5.97 Å². The van der Waals surface area contributed by atoms with Crippen molar-refractivity contribution in [3.63, 3.8) is 0 Å². The van der Waals surface area contributed by atoms with E-state index in [2.05, 4.69) is 5.32 Å². The third-order valence-corrected chi connectivity index (χ3v) is 3.57. The van der Waals surface area contributed by atoms with Gasteiger partial charge in [0.15, 0.2) is 0 Å². The molecule has 0 spiro atoms. The Hall–Kier alpha value is -2.05. The molecule has 0 aliphatic rings. The average molecular weight is 335 g/mol. The molecule has 2 rings (SSSR count). The lowest BCUT2D eigenvalue weighted by Crippen LogP contribution is -2.35. The summed E-state index contributed by atoms with van der Waals surface area (Å²) in [5, 5.41) is 13.9. The molecule has 0 aliphatic heterocycles. The van der Waals surface area contributed by atoms with Crippen LogP contribution in [0, 0.1) is 6.92 Å². The van der Waals surface area contributed by atoms with Gasteiger partial charge in [0.05, 0.1) is 12.0 Å². The van der Waals surface area contributed by atoms with Gasteiger partial charge in [0.1, 0.15) is 24.0 Å². The minimum atomic E-state index is -0.626. The van der Waals surface area contributed by atoms with Crippen molar-refractivity contribution in [1.29, 1.82) is 0 Å². The lowest BCUT2D eigenvalue weighted by Gasteiger charge is -2.15. The van der Waals surface area contributed by atoms with Crippen LogP contribution < -0.4 is 10.1 Å². The van der Waals surface area contributed by atoms with E-state index in [4.69, 9.17) is 13.9 Å². The zero-order valence-electron chi connectivity index (χ0n) is 14.6. The maximum Gasteiger partial charge on any atom is 0.374 e. The summed E-state index contributed by atoms with van der Waals surface area (Å²) in [6, 6.07) is 5.65. The highest BCUT2D eigenvalue weighted by molar-refractivity contribution is 5.98. The number of aryl methyl sites for hydroxylation is 1. The lowest BCUT2D eigenvalue weighted by molar-refractivity contribution is 0.0491. The molecular weight excluding hydrogens is 310 g/mol. The molecule has 0 amide bonds. The molecule has 0 aliphatic carbocycles. The van der Waals surface area contributed by atoms with Gasteiger partial charge in [0.2, 0.25) is 5.76 Å². The molecule has 0 bridgehead atoms. The van der Waals surface area contributed by atoms with E-state index in [-0.39, 0.29) is 19.0 Å². The summed E-state index contributed by atoms with van der Waals surface area (Å²) in [5.74, 6) is 0.274. The molecule has 0 unspecified atom stereocenters. The zero-order valence-corrected chi connectivity index (χ0v) is 14.6. The number of carbonyl (C=O) groups is 1. The second-order valence-corrected chi connectivity index (χ2v) is 5.93. The van der Waals surface area contributed by atoms with Crippen molar-refractivity contribution in [2.24, 2.45) is 0 Å². The first kappa shape index (κ1) is 18.3. The quantitative estimate of drug-likeness (QED) is 0.722. The molecular formula is C18H25NO5. The molecule has 1 aromatic heterocycles. The van der Waals surface area contributed by atoms with Crippen molar-refractivity contribution < 1.29 is 23.8 Å². The molecule has 0 saturated heterocycles. The van der Waals surface area contributed by atoms with Gasteiger partial charge in [-0.3, -0.25) is 0 Å². The normalized spacial score (nSPS) is 12.6. The van der Waals surface area contributed by atoms with E-state index in [1.807, 2.05) is 13.8 Å². The first-order valence-electron chi connectivity index (χ1n) is 8.17. The Morgan fingerprint density at radius 1 is 1.38 bits per heavy atom. The number of aliphatic hydroxyl groups excluding tert-OH is 1.